The fourth-order valence-electron chi connectivity index (χ4n) is 2.91. The molecular formula is C18H19N5O. The molecule has 0 bridgehead atoms. The number of aliphatic imine (C=N–C) groups is 1. The standard InChI is InChI=1S/C18H19N5O/c19-10-13-4-1-2-5-14(13)11-22-17-16(7-8-21-18(17)24)23-9-3-6-15(20)12-23/h1-2,4-5,7-8,11,15H,3,6,9,12,20H2,(H,21,24). The number of pyridine rings is 1. The summed E-state index contributed by atoms with van der Waals surface area (Å²) in [7, 11) is 0. The van der Waals surface area contributed by atoms with E-state index in [1.54, 1.807) is 30.6 Å². The Labute approximate surface area is 140 Å². The predicted molar refractivity (Wildman–Crippen MR) is 94.9 cm³/mol. The number of nitrogens with zero attached hydrogens (tertiary/aromatic N) is 3. The lowest BCUT2D eigenvalue weighted by atomic mass is 10.1. The van der Waals surface area contributed by atoms with Gasteiger partial charge in [-0.15, -0.1) is 0 Å². The highest BCUT2D eigenvalue weighted by molar-refractivity contribution is 5.86. The third kappa shape index (κ3) is 3.36. The Morgan fingerprint density at radius 2 is 2.21 bits per heavy atom. The molecule has 3 rings (SSSR count). The summed E-state index contributed by atoms with van der Waals surface area (Å²) in [5.74, 6) is 0. The molecule has 1 atom stereocenters. The van der Waals surface area contributed by atoms with Crippen molar-refractivity contribution < 1.29 is 0 Å². The monoisotopic (exact) mass is 321 g/mol. The first-order chi connectivity index (χ1) is 11.7. The Kier molecular flexibility index (Phi) is 4.73. The van der Waals surface area contributed by atoms with Gasteiger partial charge in [0.25, 0.3) is 5.56 Å². The molecule has 0 saturated carbocycles. The van der Waals surface area contributed by atoms with E-state index in [1.165, 1.54) is 0 Å². The van der Waals surface area contributed by atoms with Crippen molar-refractivity contribution in [1.82, 2.24) is 4.98 Å². The number of hydrogen-bond acceptors (Lipinski definition) is 5. The number of piperidine rings is 1. The molecule has 1 saturated heterocycles. The van der Waals surface area contributed by atoms with E-state index in [0.29, 0.717) is 23.4 Å². The number of benzene rings is 1. The number of nitriles is 1. The molecule has 24 heavy (non-hydrogen) atoms. The van der Waals surface area contributed by atoms with Crippen LogP contribution >= 0.6 is 0 Å². The molecule has 1 unspecified atom stereocenters. The predicted octanol–water partition coefficient (Wildman–Crippen LogP) is 1.92. The van der Waals surface area contributed by atoms with Gasteiger partial charge in [-0.05, 0) is 25.0 Å². The number of nitrogens with one attached hydrogen (secondary N) is 1. The summed E-state index contributed by atoms with van der Waals surface area (Å²) in [4.78, 5) is 21.4. The van der Waals surface area contributed by atoms with Gasteiger partial charge in [0.2, 0.25) is 0 Å². The van der Waals surface area contributed by atoms with Crippen molar-refractivity contribution in [2.75, 3.05) is 18.0 Å². The SMILES string of the molecule is N#Cc1ccccc1C=Nc1c(N2CCCC(N)C2)cc[nH]c1=O. The van der Waals surface area contributed by atoms with Crippen LogP contribution in [0.4, 0.5) is 11.4 Å². The number of anilines is 1. The molecule has 3 N–H and O–H groups in total. The lowest BCUT2D eigenvalue weighted by Crippen LogP contribution is -2.43. The first-order valence-corrected chi connectivity index (χ1v) is 7.94. The number of rotatable bonds is 3. The Bertz CT molecular complexity index is 849. The highest BCUT2D eigenvalue weighted by atomic mass is 16.1. The van der Waals surface area contributed by atoms with Crippen LogP contribution in [0.2, 0.25) is 0 Å². The van der Waals surface area contributed by atoms with Gasteiger partial charge in [0, 0.05) is 37.1 Å². The van der Waals surface area contributed by atoms with Crippen LogP contribution in [0.25, 0.3) is 0 Å². The zero-order valence-corrected chi connectivity index (χ0v) is 13.3. The molecule has 6 nitrogen and oxygen atoms in total. The van der Waals surface area contributed by atoms with E-state index in [1.807, 2.05) is 12.1 Å². The topological polar surface area (TPSA) is 98.3 Å². The summed E-state index contributed by atoms with van der Waals surface area (Å²) in [5, 5.41) is 9.16. The second-order valence-corrected chi connectivity index (χ2v) is 5.85. The number of H-pyrrole nitrogens is 1. The van der Waals surface area contributed by atoms with E-state index in [-0.39, 0.29) is 11.6 Å². The Hall–Kier alpha value is -2.91. The summed E-state index contributed by atoms with van der Waals surface area (Å²) in [6.07, 6.45) is 5.18. The van der Waals surface area contributed by atoms with Gasteiger partial charge < -0.3 is 15.6 Å². The highest BCUT2D eigenvalue weighted by Gasteiger charge is 2.20. The van der Waals surface area contributed by atoms with Gasteiger partial charge in [0.05, 0.1) is 17.3 Å². The number of aromatic amines is 1. The number of aromatic nitrogens is 1. The van der Waals surface area contributed by atoms with Gasteiger partial charge >= 0.3 is 0 Å². The lowest BCUT2D eigenvalue weighted by Gasteiger charge is -2.32. The lowest BCUT2D eigenvalue weighted by molar-refractivity contribution is 0.506. The summed E-state index contributed by atoms with van der Waals surface area (Å²) < 4.78 is 0. The van der Waals surface area contributed by atoms with Gasteiger partial charge in [-0.25, -0.2) is 4.99 Å². The van der Waals surface area contributed by atoms with Crippen molar-refractivity contribution in [3.63, 3.8) is 0 Å². The fraction of sp³-hybridized carbons (Fsp3) is 0.278. The maximum Gasteiger partial charge on any atom is 0.275 e. The van der Waals surface area contributed by atoms with Gasteiger partial charge in [-0.3, -0.25) is 4.79 Å². The van der Waals surface area contributed by atoms with Gasteiger partial charge in [-0.1, -0.05) is 18.2 Å². The molecule has 2 heterocycles. The average Bonchev–Trinajstić information content (AvgIpc) is 2.60. The molecule has 0 spiro atoms. The third-order valence-electron chi connectivity index (χ3n) is 4.13. The van der Waals surface area contributed by atoms with Gasteiger partial charge in [-0.2, -0.15) is 5.26 Å². The van der Waals surface area contributed by atoms with E-state index >= 15 is 0 Å². The van der Waals surface area contributed by atoms with Crippen LogP contribution in [0.3, 0.4) is 0 Å². The Morgan fingerprint density at radius 3 is 3.00 bits per heavy atom. The van der Waals surface area contributed by atoms with Crippen molar-refractivity contribution in [3.05, 3.63) is 58.0 Å². The number of nitrogens with two attached hydrogens (primary N) is 1. The Balaban J connectivity index is 1.97. The van der Waals surface area contributed by atoms with Crippen LogP contribution in [0.1, 0.15) is 24.0 Å². The minimum atomic E-state index is -0.252. The molecule has 2 aromatic rings. The molecular weight excluding hydrogens is 302 g/mol. The second kappa shape index (κ2) is 7.11. The number of hydrogen-bond donors (Lipinski definition) is 2. The largest absolute Gasteiger partial charge is 0.368 e. The van der Waals surface area contributed by atoms with Crippen molar-refractivity contribution in [2.45, 2.75) is 18.9 Å². The molecule has 0 amide bonds. The normalized spacial score (nSPS) is 17.8. The molecule has 1 aromatic carbocycles. The summed E-state index contributed by atoms with van der Waals surface area (Å²) in [6.45, 7) is 1.56. The quantitative estimate of drug-likeness (QED) is 0.844. The molecule has 1 aliphatic heterocycles. The molecule has 1 aromatic heterocycles. The first-order valence-electron chi connectivity index (χ1n) is 7.94. The molecule has 1 aliphatic rings. The molecule has 0 aliphatic carbocycles. The van der Waals surface area contributed by atoms with E-state index in [0.717, 1.165) is 25.1 Å². The van der Waals surface area contributed by atoms with E-state index in [4.69, 9.17) is 11.0 Å². The molecule has 1 fully saturated rings. The maximum atomic E-state index is 12.2. The zero-order valence-electron chi connectivity index (χ0n) is 13.3. The highest BCUT2D eigenvalue weighted by Crippen LogP contribution is 2.27. The summed E-state index contributed by atoms with van der Waals surface area (Å²) >= 11 is 0. The maximum absolute atomic E-state index is 12.2. The van der Waals surface area contributed by atoms with Crippen LogP contribution < -0.4 is 16.2 Å². The average molecular weight is 321 g/mol. The minimum absolute atomic E-state index is 0.106. The first kappa shape index (κ1) is 16.0. The molecule has 0 radical (unpaired) electrons. The van der Waals surface area contributed by atoms with Crippen LogP contribution in [-0.2, 0) is 0 Å². The second-order valence-electron chi connectivity index (χ2n) is 5.85. The minimum Gasteiger partial charge on any atom is -0.368 e. The van der Waals surface area contributed by atoms with Crippen LogP contribution in [0, 0.1) is 11.3 Å². The van der Waals surface area contributed by atoms with Crippen LogP contribution in [-0.4, -0.2) is 30.3 Å². The van der Waals surface area contributed by atoms with Crippen molar-refractivity contribution in [2.24, 2.45) is 10.7 Å². The molecule has 6 heteroatoms. The van der Waals surface area contributed by atoms with Crippen LogP contribution in [0.5, 0.6) is 0 Å². The van der Waals surface area contributed by atoms with Crippen molar-refractivity contribution in [3.8, 4) is 6.07 Å². The smallest absolute Gasteiger partial charge is 0.275 e. The van der Waals surface area contributed by atoms with E-state index < -0.39 is 0 Å². The zero-order chi connectivity index (χ0) is 16.9. The Morgan fingerprint density at radius 1 is 1.38 bits per heavy atom. The third-order valence-corrected chi connectivity index (χ3v) is 4.13. The van der Waals surface area contributed by atoms with E-state index in [9.17, 15) is 4.79 Å². The van der Waals surface area contributed by atoms with Crippen LogP contribution in [0.15, 0.2) is 46.3 Å². The summed E-state index contributed by atoms with van der Waals surface area (Å²) in [5.41, 5.74) is 8.13. The van der Waals surface area contributed by atoms with Gasteiger partial charge in [0.15, 0.2) is 5.69 Å². The summed E-state index contributed by atoms with van der Waals surface area (Å²) in [6, 6.07) is 11.2. The van der Waals surface area contributed by atoms with Crippen molar-refractivity contribution >= 4 is 17.6 Å². The van der Waals surface area contributed by atoms with E-state index in [2.05, 4.69) is 20.9 Å². The fourth-order valence-corrected chi connectivity index (χ4v) is 2.91. The van der Waals surface area contributed by atoms with Crippen molar-refractivity contribution in [1.29, 1.82) is 5.26 Å². The molecule has 122 valence electrons. The van der Waals surface area contributed by atoms with Gasteiger partial charge in [0.1, 0.15) is 0 Å².